The summed E-state index contributed by atoms with van der Waals surface area (Å²) in [6.07, 6.45) is 0.557. The molecule has 0 saturated heterocycles. The van der Waals surface area contributed by atoms with E-state index < -0.39 is 17.6 Å². The number of imidazole rings is 1. The van der Waals surface area contributed by atoms with Crippen molar-refractivity contribution in [3.05, 3.63) is 70.9 Å². The second kappa shape index (κ2) is 8.01. The van der Waals surface area contributed by atoms with Gasteiger partial charge in [0.15, 0.2) is 11.6 Å². The van der Waals surface area contributed by atoms with Gasteiger partial charge in [-0.25, -0.2) is 22.5 Å². The maximum absolute atomic E-state index is 13.8. The lowest BCUT2D eigenvalue weighted by atomic mass is 9.91. The SMILES string of the molecule is Cc1noc(C)c1-c1ccc2c(c1)nc(Cc1ccc(F)c(F)c1)n2C1CCC(F)(F)CC1. The normalized spacial score (nSPS) is 16.5. The molecule has 0 N–H and O–H groups in total. The van der Waals surface area contributed by atoms with Crippen LogP contribution in [0.1, 0.15) is 54.6 Å². The molecule has 0 amide bonds. The van der Waals surface area contributed by atoms with Gasteiger partial charge in [-0.3, -0.25) is 0 Å². The fourth-order valence-corrected chi connectivity index (χ4v) is 4.85. The van der Waals surface area contributed by atoms with Gasteiger partial charge in [-0.1, -0.05) is 17.3 Å². The monoisotopic (exact) mass is 457 g/mol. The zero-order valence-electron chi connectivity index (χ0n) is 18.3. The van der Waals surface area contributed by atoms with Gasteiger partial charge >= 0.3 is 0 Å². The fourth-order valence-electron chi connectivity index (χ4n) is 4.85. The Morgan fingerprint density at radius 3 is 2.45 bits per heavy atom. The Morgan fingerprint density at radius 1 is 1.03 bits per heavy atom. The van der Waals surface area contributed by atoms with Crippen LogP contribution >= 0.6 is 0 Å². The maximum atomic E-state index is 13.8. The maximum Gasteiger partial charge on any atom is 0.248 e. The van der Waals surface area contributed by atoms with Crippen molar-refractivity contribution in [1.29, 1.82) is 0 Å². The Morgan fingerprint density at radius 2 is 1.79 bits per heavy atom. The Balaban J connectivity index is 1.60. The van der Waals surface area contributed by atoms with Crippen LogP contribution in [0.15, 0.2) is 40.9 Å². The molecule has 2 aromatic heterocycles. The lowest BCUT2D eigenvalue weighted by molar-refractivity contribution is -0.0438. The van der Waals surface area contributed by atoms with Crippen LogP contribution in [0.4, 0.5) is 17.6 Å². The van der Waals surface area contributed by atoms with E-state index in [-0.39, 0.29) is 25.3 Å². The zero-order chi connectivity index (χ0) is 23.3. The van der Waals surface area contributed by atoms with E-state index in [0.29, 0.717) is 35.5 Å². The summed E-state index contributed by atoms with van der Waals surface area (Å²) in [6.45, 7) is 3.71. The molecule has 172 valence electrons. The molecule has 1 fully saturated rings. The van der Waals surface area contributed by atoms with Gasteiger partial charge in [-0.15, -0.1) is 0 Å². The molecule has 2 aromatic carbocycles. The quantitative estimate of drug-likeness (QED) is 0.312. The molecule has 0 unspecified atom stereocenters. The molecule has 0 aliphatic heterocycles. The number of nitrogens with zero attached hydrogens (tertiary/aromatic N) is 3. The minimum absolute atomic E-state index is 0.139. The second-order valence-electron chi connectivity index (χ2n) is 8.81. The number of aromatic nitrogens is 3. The van der Waals surface area contributed by atoms with Crippen LogP contribution in [0.2, 0.25) is 0 Å². The smallest absolute Gasteiger partial charge is 0.248 e. The third-order valence-corrected chi connectivity index (χ3v) is 6.48. The van der Waals surface area contributed by atoms with Gasteiger partial charge < -0.3 is 9.09 Å². The average Bonchev–Trinajstić information content (AvgIpc) is 3.29. The molecular formula is C25H23F4N3O. The van der Waals surface area contributed by atoms with E-state index in [4.69, 9.17) is 9.51 Å². The number of aryl methyl sites for hydroxylation is 2. The van der Waals surface area contributed by atoms with Gasteiger partial charge in [-0.05, 0) is 62.1 Å². The van der Waals surface area contributed by atoms with Crippen molar-refractivity contribution in [2.75, 3.05) is 0 Å². The van der Waals surface area contributed by atoms with E-state index in [1.54, 1.807) is 0 Å². The largest absolute Gasteiger partial charge is 0.361 e. The number of benzene rings is 2. The summed E-state index contributed by atoms with van der Waals surface area (Å²) in [4.78, 5) is 4.81. The third-order valence-electron chi connectivity index (χ3n) is 6.48. The molecule has 33 heavy (non-hydrogen) atoms. The first kappa shape index (κ1) is 21.7. The summed E-state index contributed by atoms with van der Waals surface area (Å²) in [5, 5.41) is 4.02. The third kappa shape index (κ3) is 4.03. The summed E-state index contributed by atoms with van der Waals surface area (Å²) >= 11 is 0. The number of hydrogen-bond acceptors (Lipinski definition) is 3. The van der Waals surface area contributed by atoms with Gasteiger partial charge in [-0.2, -0.15) is 0 Å². The molecule has 0 spiro atoms. The molecule has 5 rings (SSSR count). The molecule has 1 aliphatic carbocycles. The highest BCUT2D eigenvalue weighted by Crippen LogP contribution is 2.41. The molecule has 0 radical (unpaired) electrons. The first-order valence-corrected chi connectivity index (χ1v) is 11.0. The van der Waals surface area contributed by atoms with Gasteiger partial charge in [0.25, 0.3) is 0 Å². The van der Waals surface area contributed by atoms with Crippen LogP contribution in [-0.4, -0.2) is 20.6 Å². The first-order chi connectivity index (χ1) is 15.7. The Hall–Kier alpha value is -3.16. The number of rotatable bonds is 4. The van der Waals surface area contributed by atoms with Crippen LogP contribution in [0.5, 0.6) is 0 Å². The highest BCUT2D eigenvalue weighted by Gasteiger charge is 2.36. The topological polar surface area (TPSA) is 43.9 Å². The van der Waals surface area contributed by atoms with E-state index in [1.165, 1.54) is 6.07 Å². The molecule has 4 nitrogen and oxygen atoms in total. The van der Waals surface area contributed by atoms with Crippen LogP contribution in [-0.2, 0) is 6.42 Å². The van der Waals surface area contributed by atoms with Crippen LogP contribution in [0.25, 0.3) is 22.2 Å². The molecule has 0 atom stereocenters. The van der Waals surface area contributed by atoms with Crippen molar-refractivity contribution in [2.45, 2.75) is 57.9 Å². The van der Waals surface area contributed by atoms with Crippen LogP contribution < -0.4 is 0 Å². The van der Waals surface area contributed by atoms with E-state index in [9.17, 15) is 17.6 Å². The van der Waals surface area contributed by atoms with Crippen molar-refractivity contribution >= 4 is 11.0 Å². The molecule has 2 heterocycles. The molecule has 8 heteroatoms. The highest BCUT2D eigenvalue weighted by molar-refractivity contribution is 5.83. The van der Waals surface area contributed by atoms with Crippen molar-refractivity contribution in [1.82, 2.24) is 14.7 Å². The Bertz CT molecular complexity index is 1310. The molecule has 4 aromatic rings. The second-order valence-corrected chi connectivity index (χ2v) is 8.81. The van der Waals surface area contributed by atoms with Gasteiger partial charge in [0, 0.05) is 30.9 Å². The van der Waals surface area contributed by atoms with Gasteiger partial charge in [0.2, 0.25) is 5.92 Å². The average molecular weight is 457 g/mol. The number of alkyl halides is 2. The molecule has 0 bridgehead atoms. The Labute approximate surface area is 188 Å². The summed E-state index contributed by atoms with van der Waals surface area (Å²) in [7, 11) is 0. The lowest BCUT2D eigenvalue weighted by Crippen LogP contribution is -2.27. The van der Waals surface area contributed by atoms with E-state index in [2.05, 4.69) is 5.16 Å². The standard InChI is InChI=1S/C25H23F4N3O/c1-14-24(15(2)33-31-14)17-4-6-22-21(13-17)30-23(12-16-3-5-19(26)20(27)11-16)32(22)18-7-9-25(28,29)10-8-18/h3-6,11,13,18H,7-10,12H2,1-2H3. The fraction of sp³-hybridized carbons (Fsp3) is 0.360. The van der Waals surface area contributed by atoms with Crippen molar-refractivity contribution in [3.63, 3.8) is 0 Å². The van der Waals surface area contributed by atoms with E-state index in [0.717, 1.165) is 34.5 Å². The summed E-state index contributed by atoms with van der Waals surface area (Å²) < 4.78 is 62.2. The number of halogens is 4. The summed E-state index contributed by atoms with van der Waals surface area (Å²) in [5.41, 5.74) is 4.67. The predicted octanol–water partition coefficient (Wildman–Crippen LogP) is 6.93. The van der Waals surface area contributed by atoms with Crippen molar-refractivity contribution in [2.24, 2.45) is 0 Å². The Kier molecular flexibility index (Phi) is 5.26. The molecular weight excluding hydrogens is 434 g/mol. The van der Waals surface area contributed by atoms with Crippen molar-refractivity contribution in [3.8, 4) is 11.1 Å². The van der Waals surface area contributed by atoms with Crippen molar-refractivity contribution < 1.29 is 22.1 Å². The molecule has 1 saturated carbocycles. The number of fused-ring (bicyclic) bond motifs is 1. The first-order valence-electron chi connectivity index (χ1n) is 11.0. The van der Waals surface area contributed by atoms with Crippen LogP contribution in [0, 0.1) is 25.5 Å². The number of hydrogen-bond donors (Lipinski definition) is 0. The van der Waals surface area contributed by atoms with Crippen LogP contribution in [0.3, 0.4) is 0 Å². The van der Waals surface area contributed by atoms with E-state index in [1.807, 2.05) is 36.6 Å². The minimum atomic E-state index is -2.65. The lowest BCUT2D eigenvalue weighted by Gasteiger charge is -2.30. The minimum Gasteiger partial charge on any atom is -0.361 e. The molecule has 1 aliphatic rings. The summed E-state index contributed by atoms with van der Waals surface area (Å²) in [5.74, 6) is -3.15. The zero-order valence-corrected chi connectivity index (χ0v) is 18.3. The highest BCUT2D eigenvalue weighted by atomic mass is 19.3. The predicted molar refractivity (Wildman–Crippen MR) is 116 cm³/mol. The van der Waals surface area contributed by atoms with Gasteiger partial charge in [0.05, 0.1) is 16.7 Å². The van der Waals surface area contributed by atoms with Gasteiger partial charge in [0.1, 0.15) is 11.6 Å². The summed E-state index contributed by atoms with van der Waals surface area (Å²) in [6, 6.07) is 9.45. The van der Waals surface area contributed by atoms with E-state index >= 15 is 0 Å².